The second kappa shape index (κ2) is 6.69. The van der Waals surface area contributed by atoms with E-state index in [9.17, 15) is 4.39 Å². The van der Waals surface area contributed by atoms with Gasteiger partial charge < -0.3 is 9.80 Å². The van der Waals surface area contributed by atoms with Gasteiger partial charge >= 0.3 is 0 Å². The molecule has 0 spiro atoms. The van der Waals surface area contributed by atoms with E-state index in [2.05, 4.69) is 55.1 Å². The normalized spacial score (nSPS) is 20.3. The summed E-state index contributed by atoms with van der Waals surface area (Å²) in [4.78, 5) is 9.43. The molecule has 26 heavy (non-hydrogen) atoms. The molecular weight excluding hydrogens is 325 g/mol. The molecule has 1 aliphatic heterocycles. The van der Waals surface area contributed by atoms with Gasteiger partial charge in [0.2, 0.25) is 0 Å². The van der Waals surface area contributed by atoms with Crippen LogP contribution in [-0.2, 0) is 0 Å². The molecule has 3 nitrogen and oxygen atoms in total. The van der Waals surface area contributed by atoms with E-state index in [0.717, 1.165) is 29.8 Å². The standard InChI is InChI=1S/C22H24FN3/c1-15-4-6-16(7-5-15)19-13-26(14-21(19)25(2)3)22-11-8-17-12-18(23)9-10-20(17)24-22/h4-12,19,21H,13-14H2,1-3H3. The van der Waals surface area contributed by atoms with Crippen LogP contribution in [0.3, 0.4) is 0 Å². The molecule has 0 saturated carbocycles. The lowest BCUT2D eigenvalue weighted by Gasteiger charge is -2.25. The van der Waals surface area contributed by atoms with Crippen molar-refractivity contribution in [3.63, 3.8) is 0 Å². The Labute approximate surface area is 154 Å². The van der Waals surface area contributed by atoms with Crippen LogP contribution in [0.4, 0.5) is 10.2 Å². The third-order valence-corrected chi connectivity index (χ3v) is 5.42. The first-order valence-electron chi connectivity index (χ1n) is 9.05. The average molecular weight is 349 g/mol. The molecule has 4 rings (SSSR count). The largest absolute Gasteiger partial charge is 0.354 e. The maximum absolute atomic E-state index is 13.4. The zero-order chi connectivity index (χ0) is 18.3. The van der Waals surface area contributed by atoms with Crippen LogP contribution in [0, 0.1) is 12.7 Å². The highest BCUT2D eigenvalue weighted by Crippen LogP contribution is 2.33. The van der Waals surface area contributed by atoms with E-state index in [1.165, 1.54) is 23.3 Å². The molecule has 1 saturated heterocycles. The fourth-order valence-corrected chi connectivity index (χ4v) is 3.90. The average Bonchev–Trinajstić information content (AvgIpc) is 3.07. The number of rotatable bonds is 3. The van der Waals surface area contributed by atoms with E-state index in [-0.39, 0.29) is 5.82 Å². The summed E-state index contributed by atoms with van der Waals surface area (Å²) in [5.74, 6) is 1.18. The molecule has 0 radical (unpaired) electrons. The number of fused-ring (bicyclic) bond motifs is 1. The SMILES string of the molecule is Cc1ccc(C2CN(c3ccc4cc(F)ccc4n3)CC2N(C)C)cc1. The minimum absolute atomic E-state index is 0.222. The van der Waals surface area contributed by atoms with E-state index in [0.29, 0.717) is 12.0 Å². The van der Waals surface area contributed by atoms with Crippen LogP contribution in [0.25, 0.3) is 10.9 Å². The third-order valence-electron chi connectivity index (χ3n) is 5.42. The van der Waals surface area contributed by atoms with E-state index in [4.69, 9.17) is 4.98 Å². The van der Waals surface area contributed by atoms with E-state index in [1.54, 1.807) is 6.07 Å². The maximum atomic E-state index is 13.4. The number of likely N-dealkylation sites (N-methyl/N-ethyl adjacent to an activating group) is 1. The second-order valence-corrected chi connectivity index (χ2v) is 7.46. The lowest BCUT2D eigenvalue weighted by atomic mass is 9.93. The summed E-state index contributed by atoms with van der Waals surface area (Å²) in [6.07, 6.45) is 0. The van der Waals surface area contributed by atoms with Gasteiger partial charge in [-0.3, -0.25) is 0 Å². The zero-order valence-electron chi connectivity index (χ0n) is 15.5. The van der Waals surface area contributed by atoms with Gasteiger partial charge in [0.1, 0.15) is 11.6 Å². The molecule has 0 bridgehead atoms. The first-order valence-corrected chi connectivity index (χ1v) is 9.05. The van der Waals surface area contributed by atoms with Crippen molar-refractivity contribution in [2.24, 2.45) is 0 Å². The molecule has 0 N–H and O–H groups in total. The number of aromatic nitrogens is 1. The quantitative estimate of drug-likeness (QED) is 0.706. The molecule has 0 aliphatic carbocycles. The Balaban J connectivity index is 1.65. The lowest BCUT2D eigenvalue weighted by Crippen LogP contribution is -2.34. The summed E-state index contributed by atoms with van der Waals surface area (Å²) in [5, 5.41) is 0.840. The number of hydrogen-bond acceptors (Lipinski definition) is 3. The number of nitrogens with zero attached hydrogens (tertiary/aromatic N) is 3. The minimum atomic E-state index is -0.222. The van der Waals surface area contributed by atoms with Gasteiger partial charge in [0, 0.05) is 30.4 Å². The predicted molar refractivity (Wildman–Crippen MR) is 105 cm³/mol. The summed E-state index contributed by atoms with van der Waals surface area (Å²) in [6.45, 7) is 3.99. The summed E-state index contributed by atoms with van der Waals surface area (Å²) in [5.41, 5.74) is 3.50. The Morgan fingerprint density at radius 3 is 2.50 bits per heavy atom. The van der Waals surface area contributed by atoms with Crippen LogP contribution >= 0.6 is 0 Å². The number of anilines is 1. The van der Waals surface area contributed by atoms with Gasteiger partial charge in [-0.1, -0.05) is 29.8 Å². The van der Waals surface area contributed by atoms with Crippen molar-refractivity contribution >= 4 is 16.7 Å². The summed E-state index contributed by atoms with van der Waals surface area (Å²) < 4.78 is 13.4. The Hall–Kier alpha value is -2.46. The fraction of sp³-hybridized carbons (Fsp3) is 0.318. The van der Waals surface area contributed by atoms with Gasteiger partial charge in [0.15, 0.2) is 0 Å². The molecule has 2 heterocycles. The zero-order valence-corrected chi connectivity index (χ0v) is 15.5. The van der Waals surface area contributed by atoms with Gasteiger partial charge in [-0.05, 0) is 56.9 Å². The molecule has 4 heteroatoms. The van der Waals surface area contributed by atoms with E-state index in [1.807, 2.05) is 12.1 Å². The van der Waals surface area contributed by atoms with Crippen molar-refractivity contribution in [1.29, 1.82) is 0 Å². The van der Waals surface area contributed by atoms with E-state index >= 15 is 0 Å². The van der Waals surface area contributed by atoms with Gasteiger partial charge in [-0.15, -0.1) is 0 Å². The molecule has 2 atom stereocenters. The van der Waals surface area contributed by atoms with Gasteiger partial charge in [-0.2, -0.15) is 0 Å². The molecule has 1 aliphatic rings. The highest BCUT2D eigenvalue weighted by atomic mass is 19.1. The van der Waals surface area contributed by atoms with Crippen LogP contribution in [0.1, 0.15) is 17.0 Å². The van der Waals surface area contributed by atoms with Crippen molar-refractivity contribution in [3.05, 3.63) is 71.5 Å². The molecular formula is C22H24FN3. The summed E-state index contributed by atoms with van der Waals surface area (Å²) >= 11 is 0. The Morgan fingerprint density at radius 1 is 1.00 bits per heavy atom. The van der Waals surface area contributed by atoms with Crippen LogP contribution < -0.4 is 4.90 Å². The van der Waals surface area contributed by atoms with Crippen LogP contribution in [-0.4, -0.2) is 43.1 Å². The van der Waals surface area contributed by atoms with Gasteiger partial charge in [0.05, 0.1) is 5.52 Å². The summed E-state index contributed by atoms with van der Waals surface area (Å²) in [6, 6.07) is 18.0. The molecule has 134 valence electrons. The Bertz CT molecular complexity index is 920. The number of aryl methyl sites for hydroxylation is 1. The van der Waals surface area contributed by atoms with Crippen molar-refractivity contribution in [2.75, 3.05) is 32.1 Å². The summed E-state index contributed by atoms with van der Waals surface area (Å²) in [7, 11) is 4.29. The molecule has 2 unspecified atom stereocenters. The second-order valence-electron chi connectivity index (χ2n) is 7.46. The smallest absolute Gasteiger partial charge is 0.129 e. The number of benzene rings is 2. The Morgan fingerprint density at radius 2 is 1.77 bits per heavy atom. The van der Waals surface area contributed by atoms with Crippen molar-refractivity contribution in [3.8, 4) is 0 Å². The lowest BCUT2D eigenvalue weighted by molar-refractivity contribution is 0.292. The number of pyridine rings is 1. The number of hydrogen-bond donors (Lipinski definition) is 0. The first kappa shape index (κ1) is 17.0. The molecule has 0 amide bonds. The van der Waals surface area contributed by atoms with Crippen LogP contribution in [0.5, 0.6) is 0 Å². The van der Waals surface area contributed by atoms with Crippen molar-refractivity contribution in [2.45, 2.75) is 18.9 Å². The van der Waals surface area contributed by atoms with Gasteiger partial charge in [0.25, 0.3) is 0 Å². The van der Waals surface area contributed by atoms with Gasteiger partial charge in [-0.25, -0.2) is 9.37 Å². The minimum Gasteiger partial charge on any atom is -0.354 e. The monoisotopic (exact) mass is 349 g/mol. The number of halogens is 1. The highest BCUT2D eigenvalue weighted by Gasteiger charge is 2.35. The van der Waals surface area contributed by atoms with Crippen molar-refractivity contribution < 1.29 is 4.39 Å². The van der Waals surface area contributed by atoms with E-state index < -0.39 is 0 Å². The molecule has 2 aromatic carbocycles. The first-order chi connectivity index (χ1) is 12.5. The van der Waals surface area contributed by atoms with Crippen LogP contribution in [0.2, 0.25) is 0 Å². The molecule has 3 aromatic rings. The highest BCUT2D eigenvalue weighted by molar-refractivity contribution is 5.80. The third kappa shape index (κ3) is 3.17. The van der Waals surface area contributed by atoms with Crippen LogP contribution in [0.15, 0.2) is 54.6 Å². The molecule has 1 fully saturated rings. The maximum Gasteiger partial charge on any atom is 0.129 e. The fourth-order valence-electron chi connectivity index (χ4n) is 3.90. The topological polar surface area (TPSA) is 19.4 Å². The molecule has 1 aromatic heterocycles. The Kier molecular flexibility index (Phi) is 4.37. The van der Waals surface area contributed by atoms with Crippen molar-refractivity contribution in [1.82, 2.24) is 9.88 Å². The predicted octanol–water partition coefficient (Wildman–Crippen LogP) is 4.22.